The first kappa shape index (κ1) is 28.9. The molecule has 2 heterocycles. The van der Waals surface area contributed by atoms with Crippen LogP contribution in [0, 0.1) is 13.8 Å². The van der Waals surface area contributed by atoms with E-state index in [-0.39, 0.29) is 12.2 Å². The number of aryl methyl sites for hydroxylation is 2. The van der Waals surface area contributed by atoms with E-state index in [4.69, 9.17) is 32.7 Å². The van der Waals surface area contributed by atoms with Gasteiger partial charge in [0, 0.05) is 0 Å². The van der Waals surface area contributed by atoms with Gasteiger partial charge in [0.05, 0.1) is 38.5 Å². The molecule has 0 amide bonds. The van der Waals surface area contributed by atoms with Gasteiger partial charge in [-0.25, -0.2) is 9.79 Å². The van der Waals surface area contributed by atoms with E-state index >= 15 is 0 Å². The average Bonchev–Trinajstić information content (AvgIpc) is 3.22. The highest BCUT2D eigenvalue weighted by Crippen LogP contribution is 2.35. The number of fused-ring (bicyclic) bond motifs is 1. The van der Waals surface area contributed by atoms with Crippen molar-refractivity contribution in [3.05, 3.63) is 129 Å². The molecule has 9 heteroatoms. The molecule has 5 rings (SSSR count). The highest BCUT2D eigenvalue weighted by molar-refractivity contribution is 7.07. The number of benzene rings is 3. The Morgan fingerprint density at radius 1 is 1.02 bits per heavy atom. The Balaban J connectivity index is 1.55. The largest absolute Gasteiger partial charge is 0.486 e. The molecular weight excluding hydrogens is 579 g/mol. The summed E-state index contributed by atoms with van der Waals surface area (Å²) in [6.07, 6.45) is 1.72. The predicted octanol–water partition coefficient (Wildman–Crippen LogP) is 6.30. The molecule has 0 N–H and O–H groups in total. The van der Waals surface area contributed by atoms with E-state index in [1.54, 1.807) is 36.6 Å². The van der Waals surface area contributed by atoms with E-state index in [0.717, 1.165) is 22.3 Å². The molecule has 6 nitrogen and oxygen atoms in total. The smallest absolute Gasteiger partial charge is 0.338 e. The summed E-state index contributed by atoms with van der Waals surface area (Å²) in [7, 11) is 0. The molecule has 0 fully saturated rings. The minimum atomic E-state index is -0.669. The molecule has 0 saturated carbocycles. The second-order valence-electron chi connectivity index (χ2n) is 9.80. The highest BCUT2D eigenvalue weighted by Gasteiger charge is 2.33. The van der Waals surface area contributed by atoms with Crippen molar-refractivity contribution >= 4 is 46.6 Å². The first-order valence-corrected chi connectivity index (χ1v) is 14.7. The third-order valence-corrected chi connectivity index (χ3v) is 8.24. The topological polar surface area (TPSA) is 69.9 Å². The number of halogens is 2. The molecule has 0 spiro atoms. The van der Waals surface area contributed by atoms with Crippen LogP contribution in [0.15, 0.2) is 81.7 Å². The van der Waals surface area contributed by atoms with E-state index in [2.05, 4.69) is 4.99 Å². The van der Waals surface area contributed by atoms with E-state index < -0.39 is 12.0 Å². The molecule has 1 aliphatic rings. The fourth-order valence-electron chi connectivity index (χ4n) is 4.77. The van der Waals surface area contributed by atoms with Crippen LogP contribution in [-0.2, 0) is 16.1 Å². The summed E-state index contributed by atoms with van der Waals surface area (Å²) >= 11 is 14.4. The van der Waals surface area contributed by atoms with Crippen LogP contribution in [0.25, 0.3) is 6.08 Å². The summed E-state index contributed by atoms with van der Waals surface area (Å²) in [5.74, 6) is -0.115. The zero-order valence-electron chi connectivity index (χ0n) is 23.0. The maximum atomic E-state index is 13.8. The average molecular weight is 608 g/mol. The monoisotopic (exact) mass is 606 g/mol. The van der Waals surface area contributed by atoms with Crippen LogP contribution in [-0.4, -0.2) is 17.1 Å². The van der Waals surface area contributed by atoms with Crippen LogP contribution in [0.5, 0.6) is 5.75 Å². The number of nitrogens with zero attached hydrogens (tertiary/aromatic N) is 2. The van der Waals surface area contributed by atoms with Crippen molar-refractivity contribution in [1.82, 2.24) is 4.57 Å². The predicted molar refractivity (Wildman–Crippen MR) is 164 cm³/mol. The van der Waals surface area contributed by atoms with Gasteiger partial charge in [-0.05, 0) is 62.6 Å². The van der Waals surface area contributed by atoms with Gasteiger partial charge in [-0.15, -0.1) is 0 Å². The van der Waals surface area contributed by atoms with Crippen LogP contribution in [0.4, 0.5) is 0 Å². The molecule has 210 valence electrons. The zero-order chi connectivity index (χ0) is 29.3. The summed E-state index contributed by atoms with van der Waals surface area (Å²) in [6, 6.07) is 18.5. The Kier molecular flexibility index (Phi) is 8.50. The van der Waals surface area contributed by atoms with E-state index in [0.29, 0.717) is 48.6 Å². The first-order valence-electron chi connectivity index (χ1n) is 13.1. The molecule has 0 saturated heterocycles. The van der Waals surface area contributed by atoms with Crippen LogP contribution in [0.2, 0.25) is 10.0 Å². The lowest BCUT2D eigenvalue weighted by atomic mass is 9.95. The van der Waals surface area contributed by atoms with Gasteiger partial charge in [0.1, 0.15) is 6.61 Å². The zero-order valence-corrected chi connectivity index (χ0v) is 25.4. The second-order valence-corrected chi connectivity index (χ2v) is 11.6. The maximum Gasteiger partial charge on any atom is 0.338 e. The Morgan fingerprint density at radius 2 is 1.73 bits per heavy atom. The fourth-order valence-corrected chi connectivity index (χ4v) is 6.42. The first-order chi connectivity index (χ1) is 19.7. The molecule has 0 unspecified atom stereocenters. The molecular formula is C32H28Cl2N2O4S. The maximum absolute atomic E-state index is 13.8. The number of esters is 1. The van der Waals surface area contributed by atoms with Crippen LogP contribution >= 0.6 is 34.5 Å². The van der Waals surface area contributed by atoms with Crippen molar-refractivity contribution in [3.63, 3.8) is 0 Å². The number of rotatable bonds is 7. The Labute approximate surface area is 251 Å². The van der Waals surface area contributed by atoms with Crippen molar-refractivity contribution in [1.29, 1.82) is 0 Å². The highest BCUT2D eigenvalue weighted by atomic mass is 35.5. The molecule has 0 bridgehead atoms. The molecule has 0 radical (unpaired) electrons. The SMILES string of the molecule is CCOC(=O)C1=C(C)N=c2s/c(=C/c3cc(Cl)c(OCc4cccc(C)c4)c(Cl)c3)c(=O)n2[C@H]1c1ccc(C)cc1. The Hall–Kier alpha value is -3.65. The summed E-state index contributed by atoms with van der Waals surface area (Å²) in [4.78, 5) is 32.0. The number of hydrogen-bond donors (Lipinski definition) is 0. The second kappa shape index (κ2) is 12.1. The standard InChI is InChI=1S/C32H28Cl2N2O4S/c1-5-39-31(38)27-20(4)35-32-36(28(27)23-11-9-18(2)10-12-23)30(37)26(41-32)16-22-14-24(33)29(25(34)15-22)40-17-21-8-6-7-19(3)13-21/h6-16,28H,5,17H2,1-4H3/b26-16+/t28-/m0/s1. The van der Waals surface area contributed by atoms with Gasteiger partial charge >= 0.3 is 5.97 Å². The van der Waals surface area contributed by atoms with Gasteiger partial charge in [-0.1, -0.05) is 94.2 Å². The van der Waals surface area contributed by atoms with Gasteiger partial charge in [0.2, 0.25) is 0 Å². The lowest BCUT2D eigenvalue weighted by Crippen LogP contribution is -2.39. The molecule has 3 aromatic carbocycles. The Bertz CT molecular complexity index is 1830. The van der Waals surface area contributed by atoms with Gasteiger partial charge in [0.15, 0.2) is 10.6 Å². The number of thiazole rings is 1. The van der Waals surface area contributed by atoms with Gasteiger partial charge < -0.3 is 9.47 Å². The van der Waals surface area contributed by atoms with Crippen LogP contribution in [0.3, 0.4) is 0 Å². The molecule has 1 aliphatic heterocycles. The van der Waals surface area contributed by atoms with Gasteiger partial charge in [-0.3, -0.25) is 9.36 Å². The van der Waals surface area contributed by atoms with E-state index in [9.17, 15) is 9.59 Å². The van der Waals surface area contributed by atoms with Crippen molar-refractivity contribution < 1.29 is 14.3 Å². The number of ether oxygens (including phenoxy) is 2. The quantitative estimate of drug-likeness (QED) is 0.231. The number of allylic oxidation sites excluding steroid dienone is 1. The summed E-state index contributed by atoms with van der Waals surface area (Å²) in [6.45, 7) is 8.05. The van der Waals surface area contributed by atoms with Gasteiger partial charge in [0.25, 0.3) is 5.56 Å². The number of carbonyl (C=O) groups excluding carboxylic acids is 1. The molecule has 0 aliphatic carbocycles. The normalized spacial score (nSPS) is 15.0. The van der Waals surface area contributed by atoms with Crippen molar-refractivity contribution in [2.75, 3.05) is 6.61 Å². The molecule has 1 aromatic heterocycles. The number of aromatic nitrogens is 1. The van der Waals surface area contributed by atoms with Crippen LogP contribution in [0.1, 0.15) is 47.7 Å². The molecule has 1 atom stereocenters. The third-order valence-electron chi connectivity index (χ3n) is 6.69. The van der Waals surface area contributed by atoms with Gasteiger partial charge in [-0.2, -0.15) is 0 Å². The van der Waals surface area contributed by atoms with Crippen molar-refractivity contribution in [3.8, 4) is 5.75 Å². The Morgan fingerprint density at radius 3 is 2.39 bits per heavy atom. The number of hydrogen-bond acceptors (Lipinski definition) is 6. The minimum Gasteiger partial charge on any atom is -0.486 e. The van der Waals surface area contributed by atoms with E-state index in [1.807, 2.05) is 62.4 Å². The summed E-state index contributed by atoms with van der Waals surface area (Å²) in [5, 5.41) is 0.671. The van der Waals surface area contributed by atoms with Crippen LogP contribution < -0.4 is 19.6 Å². The fraction of sp³-hybridized carbons (Fsp3) is 0.219. The van der Waals surface area contributed by atoms with Crippen molar-refractivity contribution in [2.45, 2.75) is 40.3 Å². The molecule has 4 aromatic rings. The lowest BCUT2D eigenvalue weighted by Gasteiger charge is -2.24. The van der Waals surface area contributed by atoms with E-state index in [1.165, 1.54) is 11.3 Å². The summed E-state index contributed by atoms with van der Waals surface area (Å²) in [5.41, 5.74) is 5.22. The lowest BCUT2D eigenvalue weighted by molar-refractivity contribution is -0.139. The summed E-state index contributed by atoms with van der Waals surface area (Å²) < 4.78 is 13.3. The molecule has 41 heavy (non-hydrogen) atoms. The minimum absolute atomic E-state index is 0.215. The van der Waals surface area contributed by atoms with Crippen molar-refractivity contribution in [2.24, 2.45) is 4.99 Å². The number of carbonyl (C=O) groups is 1. The third kappa shape index (κ3) is 6.03.